The van der Waals surface area contributed by atoms with Gasteiger partial charge in [-0.1, -0.05) is 32.4 Å². The topological polar surface area (TPSA) is 69.6 Å². The molecule has 0 radical (unpaired) electrons. The van der Waals surface area contributed by atoms with Crippen molar-refractivity contribution in [1.29, 1.82) is 0 Å². The largest absolute Gasteiger partial charge is 0.506 e. The van der Waals surface area contributed by atoms with Gasteiger partial charge < -0.3 is 15.5 Å². The Bertz CT molecular complexity index is 440. The number of hydrogen-bond acceptors (Lipinski definition) is 3. The molecule has 1 aromatic carbocycles. The van der Waals surface area contributed by atoms with Crippen molar-refractivity contribution in [3.8, 4) is 5.75 Å². The van der Waals surface area contributed by atoms with Gasteiger partial charge in [0.05, 0.1) is 11.1 Å². The third-order valence-corrected chi connectivity index (χ3v) is 2.97. The molecule has 0 aliphatic carbocycles. The number of aliphatic hydroxyl groups excluding tert-OH is 1. The summed E-state index contributed by atoms with van der Waals surface area (Å²) in [5, 5.41) is 21.8. The van der Waals surface area contributed by atoms with Gasteiger partial charge in [0.15, 0.2) is 0 Å². The minimum atomic E-state index is -0.631. The van der Waals surface area contributed by atoms with Gasteiger partial charge in [0.1, 0.15) is 5.75 Å². The fourth-order valence-corrected chi connectivity index (χ4v) is 1.43. The van der Waals surface area contributed by atoms with E-state index < -0.39 is 6.10 Å². The van der Waals surface area contributed by atoms with Gasteiger partial charge in [0.2, 0.25) is 0 Å². The SMILES string of the molecule is CC(C)(C)C(O)CNC(=O)c1ccc(O)c(Cl)c1. The van der Waals surface area contributed by atoms with Crippen molar-refractivity contribution in [3.05, 3.63) is 28.8 Å². The molecule has 0 aliphatic heterocycles. The molecular formula is C13H18ClNO3. The van der Waals surface area contributed by atoms with Crippen LogP contribution in [0.1, 0.15) is 31.1 Å². The Hall–Kier alpha value is -1.26. The quantitative estimate of drug-likeness (QED) is 0.789. The van der Waals surface area contributed by atoms with Crippen molar-refractivity contribution in [2.24, 2.45) is 5.41 Å². The Kier molecular flexibility index (Phi) is 4.59. The van der Waals surface area contributed by atoms with Gasteiger partial charge in [0.25, 0.3) is 5.91 Å². The Morgan fingerprint density at radius 1 is 1.44 bits per heavy atom. The van der Waals surface area contributed by atoms with Crippen LogP contribution in [0.25, 0.3) is 0 Å². The number of carbonyl (C=O) groups is 1. The van der Waals surface area contributed by atoms with Crippen LogP contribution in [0.5, 0.6) is 5.75 Å². The zero-order chi connectivity index (χ0) is 13.9. The second-order valence-corrected chi connectivity index (χ2v) is 5.67. The molecule has 0 spiro atoms. The Morgan fingerprint density at radius 3 is 2.56 bits per heavy atom. The number of carbonyl (C=O) groups excluding carboxylic acids is 1. The van der Waals surface area contributed by atoms with Crippen LogP contribution in [0, 0.1) is 5.41 Å². The lowest BCUT2D eigenvalue weighted by molar-refractivity contribution is 0.0587. The van der Waals surface area contributed by atoms with Crippen LogP contribution in [0.15, 0.2) is 18.2 Å². The molecule has 4 nitrogen and oxygen atoms in total. The summed E-state index contributed by atoms with van der Waals surface area (Å²) in [5.41, 5.74) is 0.0544. The summed E-state index contributed by atoms with van der Waals surface area (Å²) in [5.74, 6) is -0.400. The van der Waals surface area contributed by atoms with Crippen LogP contribution in [0.2, 0.25) is 5.02 Å². The van der Waals surface area contributed by atoms with Gasteiger partial charge in [-0.25, -0.2) is 0 Å². The van der Waals surface area contributed by atoms with Gasteiger partial charge in [-0.3, -0.25) is 4.79 Å². The smallest absolute Gasteiger partial charge is 0.251 e. The number of amides is 1. The minimum absolute atomic E-state index is 0.0667. The maximum atomic E-state index is 11.8. The predicted octanol–water partition coefficient (Wildman–Crippen LogP) is 2.18. The standard InChI is InChI=1S/C13H18ClNO3/c1-13(2,3)11(17)7-15-12(18)8-4-5-10(16)9(14)6-8/h4-6,11,16-17H,7H2,1-3H3,(H,15,18). The van der Waals surface area contributed by atoms with E-state index in [2.05, 4.69) is 5.32 Å². The first-order chi connectivity index (χ1) is 8.21. The molecule has 0 aromatic heterocycles. The monoisotopic (exact) mass is 271 g/mol. The van der Waals surface area contributed by atoms with Crippen LogP contribution in [-0.4, -0.2) is 28.8 Å². The number of aliphatic hydroxyl groups is 1. The normalized spacial score (nSPS) is 13.2. The lowest BCUT2D eigenvalue weighted by atomic mass is 9.89. The Labute approximate surface area is 112 Å². The predicted molar refractivity (Wildman–Crippen MR) is 70.9 cm³/mol. The van der Waals surface area contributed by atoms with Crippen molar-refractivity contribution in [2.45, 2.75) is 26.9 Å². The maximum absolute atomic E-state index is 11.8. The van der Waals surface area contributed by atoms with E-state index in [0.29, 0.717) is 5.56 Å². The summed E-state index contributed by atoms with van der Waals surface area (Å²) in [4.78, 5) is 11.8. The van der Waals surface area contributed by atoms with E-state index in [0.717, 1.165) is 0 Å². The lowest BCUT2D eigenvalue weighted by Gasteiger charge is -2.25. The second kappa shape index (κ2) is 5.59. The highest BCUT2D eigenvalue weighted by atomic mass is 35.5. The number of hydrogen-bond donors (Lipinski definition) is 3. The van der Waals surface area contributed by atoms with Gasteiger partial charge in [-0.2, -0.15) is 0 Å². The van der Waals surface area contributed by atoms with Crippen LogP contribution in [0.3, 0.4) is 0 Å². The van der Waals surface area contributed by atoms with Crippen molar-refractivity contribution >= 4 is 17.5 Å². The summed E-state index contributed by atoms with van der Waals surface area (Å²) in [7, 11) is 0. The number of nitrogens with one attached hydrogen (secondary N) is 1. The van der Waals surface area contributed by atoms with Gasteiger partial charge in [0, 0.05) is 12.1 Å². The molecule has 0 bridgehead atoms. The highest BCUT2D eigenvalue weighted by molar-refractivity contribution is 6.32. The third kappa shape index (κ3) is 3.89. The zero-order valence-electron chi connectivity index (χ0n) is 10.7. The van der Waals surface area contributed by atoms with Crippen molar-refractivity contribution in [2.75, 3.05) is 6.54 Å². The first-order valence-corrected chi connectivity index (χ1v) is 6.04. The number of benzene rings is 1. The summed E-state index contributed by atoms with van der Waals surface area (Å²) < 4.78 is 0. The molecule has 100 valence electrons. The van der Waals surface area contributed by atoms with E-state index in [1.165, 1.54) is 18.2 Å². The van der Waals surface area contributed by atoms with E-state index in [-0.39, 0.29) is 28.6 Å². The lowest BCUT2D eigenvalue weighted by Crippen LogP contribution is -2.39. The molecule has 0 saturated carbocycles. The molecule has 0 heterocycles. The Balaban J connectivity index is 2.63. The fraction of sp³-hybridized carbons (Fsp3) is 0.462. The average molecular weight is 272 g/mol. The second-order valence-electron chi connectivity index (χ2n) is 5.26. The summed E-state index contributed by atoms with van der Waals surface area (Å²) in [6, 6.07) is 4.22. The summed E-state index contributed by atoms with van der Waals surface area (Å²) in [6.07, 6.45) is -0.631. The molecule has 1 aromatic rings. The molecule has 0 saturated heterocycles. The molecule has 0 aliphatic rings. The van der Waals surface area contributed by atoms with E-state index in [9.17, 15) is 15.0 Å². The first-order valence-electron chi connectivity index (χ1n) is 5.66. The number of phenols is 1. The van der Waals surface area contributed by atoms with Crippen LogP contribution >= 0.6 is 11.6 Å². The maximum Gasteiger partial charge on any atom is 0.251 e. The van der Waals surface area contributed by atoms with Crippen molar-refractivity contribution < 1.29 is 15.0 Å². The first kappa shape index (κ1) is 14.8. The van der Waals surface area contributed by atoms with Gasteiger partial charge in [-0.05, 0) is 23.6 Å². The molecule has 1 amide bonds. The number of rotatable bonds is 3. The highest BCUT2D eigenvalue weighted by Crippen LogP contribution is 2.23. The van der Waals surface area contributed by atoms with Gasteiger partial charge in [-0.15, -0.1) is 0 Å². The Morgan fingerprint density at radius 2 is 2.06 bits per heavy atom. The van der Waals surface area contributed by atoms with Gasteiger partial charge >= 0.3 is 0 Å². The molecule has 18 heavy (non-hydrogen) atoms. The average Bonchev–Trinajstić information content (AvgIpc) is 2.27. The minimum Gasteiger partial charge on any atom is -0.506 e. The van der Waals surface area contributed by atoms with E-state index in [1.807, 2.05) is 20.8 Å². The molecule has 0 fully saturated rings. The molecular weight excluding hydrogens is 254 g/mol. The molecule has 1 atom stereocenters. The molecule has 3 N–H and O–H groups in total. The zero-order valence-corrected chi connectivity index (χ0v) is 11.5. The highest BCUT2D eigenvalue weighted by Gasteiger charge is 2.22. The number of phenolic OH excluding ortho intramolecular Hbond substituents is 1. The van der Waals surface area contributed by atoms with Crippen LogP contribution < -0.4 is 5.32 Å². The third-order valence-electron chi connectivity index (χ3n) is 2.67. The fourth-order valence-electron chi connectivity index (χ4n) is 1.25. The van der Waals surface area contributed by atoms with Crippen molar-refractivity contribution in [3.63, 3.8) is 0 Å². The van der Waals surface area contributed by atoms with E-state index >= 15 is 0 Å². The summed E-state index contributed by atoms with van der Waals surface area (Å²) in [6.45, 7) is 5.84. The molecule has 1 rings (SSSR count). The van der Waals surface area contributed by atoms with Crippen LogP contribution in [0.4, 0.5) is 0 Å². The van der Waals surface area contributed by atoms with Crippen LogP contribution in [-0.2, 0) is 0 Å². The van der Waals surface area contributed by atoms with Crippen molar-refractivity contribution in [1.82, 2.24) is 5.32 Å². The molecule has 1 unspecified atom stereocenters. The number of aromatic hydroxyl groups is 1. The van der Waals surface area contributed by atoms with E-state index in [1.54, 1.807) is 0 Å². The number of halogens is 1. The summed E-state index contributed by atoms with van der Waals surface area (Å²) >= 11 is 5.71. The molecule has 5 heteroatoms. The van der Waals surface area contributed by atoms with E-state index in [4.69, 9.17) is 11.6 Å².